The van der Waals surface area contributed by atoms with E-state index in [4.69, 9.17) is 5.11 Å². The van der Waals surface area contributed by atoms with E-state index in [1.165, 1.54) is 0 Å². The molecule has 0 fully saturated rings. The molecule has 0 aromatic heterocycles. The molecule has 11 heavy (non-hydrogen) atoms. The van der Waals surface area contributed by atoms with Crippen LogP contribution in [0.3, 0.4) is 0 Å². The molecule has 0 heterocycles. The zero-order valence-electron chi connectivity index (χ0n) is 6.85. The molecule has 0 radical (unpaired) electrons. The van der Waals surface area contributed by atoms with E-state index in [0.717, 1.165) is 24.6 Å². The summed E-state index contributed by atoms with van der Waals surface area (Å²) in [6.45, 7) is 2.13. The topological polar surface area (TPSA) is 37.3 Å². The van der Waals surface area contributed by atoms with Crippen molar-refractivity contribution >= 4 is 21.9 Å². The lowest BCUT2D eigenvalue weighted by Crippen LogP contribution is -2.02. The Labute approximate surface area is 76.1 Å². The minimum Gasteiger partial charge on any atom is -0.481 e. The largest absolute Gasteiger partial charge is 0.481 e. The monoisotopic (exact) mass is 222 g/mol. The molecule has 0 aliphatic rings. The molecule has 66 valence electrons. The molecule has 0 saturated carbocycles. The van der Waals surface area contributed by atoms with Crippen molar-refractivity contribution in [2.45, 2.75) is 32.6 Å². The molecule has 1 unspecified atom stereocenters. The predicted octanol–water partition coefficient (Wildman–Crippen LogP) is 2.66. The average molecular weight is 223 g/mol. The Morgan fingerprint density at radius 2 is 2.27 bits per heavy atom. The van der Waals surface area contributed by atoms with Crippen LogP contribution in [0, 0.1) is 5.92 Å². The minimum atomic E-state index is -0.686. The highest BCUT2D eigenvalue weighted by atomic mass is 79.9. The van der Waals surface area contributed by atoms with Crippen molar-refractivity contribution in [1.82, 2.24) is 0 Å². The first kappa shape index (κ1) is 11.0. The molecule has 0 rings (SSSR count). The molecule has 0 aromatic rings. The predicted molar refractivity (Wildman–Crippen MR) is 49.1 cm³/mol. The summed E-state index contributed by atoms with van der Waals surface area (Å²) in [5.41, 5.74) is 0. The van der Waals surface area contributed by atoms with Gasteiger partial charge in [-0.05, 0) is 18.8 Å². The zero-order chi connectivity index (χ0) is 8.69. The van der Waals surface area contributed by atoms with Gasteiger partial charge in [0.2, 0.25) is 0 Å². The highest BCUT2D eigenvalue weighted by Crippen LogP contribution is 2.14. The summed E-state index contributed by atoms with van der Waals surface area (Å²) < 4.78 is 0. The van der Waals surface area contributed by atoms with Gasteiger partial charge in [0.15, 0.2) is 0 Å². The van der Waals surface area contributed by atoms with E-state index < -0.39 is 5.97 Å². The fraction of sp³-hybridized carbons (Fsp3) is 0.875. The quantitative estimate of drug-likeness (QED) is 0.703. The Balaban J connectivity index is 3.28. The van der Waals surface area contributed by atoms with Crippen molar-refractivity contribution in [3.05, 3.63) is 0 Å². The van der Waals surface area contributed by atoms with E-state index in [0.29, 0.717) is 12.3 Å². The van der Waals surface area contributed by atoms with E-state index in [-0.39, 0.29) is 0 Å². The van der Waals surface area contributed by atoms with Crippen LogP contribution in [-0.2, 0) is 4.79 Å². The van der Waals surface area contributed by atoms with Gasteiger partial charge in [-0.2, -0.15) is 0 Å². The van der Waals surface area contributed by atoms with E-state index in [1.54, 1.807) is 0 Å². The molecule has 0 saturated heterocycles. The number of rotatable bonds is 6. The van der Waals surface area contributed by atoms with Gasteiger partial charge in [-0.3, -0.25) is 4.79 Å². The Bertz CT molecular complexity index is 111. The van der Waals surface area contributed by atoms with Gasteiger partial charge in [-0.1, -0.05) is 29.3 Å². The van der Waals surface area contributed by atoms with Gasteiger partial charge in [0.05, 0.1) is 0 Å². The number of carboxylic acids is 1. The van der Waals surface area contributed by atoms with Crippen molar-refractivity contribution in [3.63, 3.8) is 0 Å². The van der Waals surface area contributed by atoms with Crippen molar-refractivity contribution in [2.75, 3.05) is 5.33 Å². The maximum Gasteiger partial charge on any atom is 0.303 e. The number of hydrogen-bond donors (Lipinski definition) is 1. The maximum absolute atomic E-state index is 10.1. The fourth-order valence-corrected chi connectivity index (χ4v) is 1.71. The number of aliphatic carboxylic acids is 1. The Hall–Kier alpha value is -0.0500. The normalized spacial score (nSPS) is 12.9. The number of carboxylic acid groups (broad SMARTS) is 1. The molecule has 0 amide bonds. The first-order valence-corrected chi connectivity index (χ1v) is 5.10. The van der Waals surface area contributed by atoms with E-state index >= 15 is 0 Å². The van der Waals surface area contributed by atoms with Crippen LogP contribution >= 0.6 is 15.9 Å². The lowest BCUT2D eigenvalue weighted by Gasteiger charge is -2.08. The highest BCUT2D eigenvalue weighted by Gasteiger charge is 2.04. The third-order valence-electron chi connectivity index (χ3n) is 1.80. The Morgan fingerprint density at radius 3 is 2.64 bits per heavy atom. The summed E-state index contributed by atoms with van der Waals surface area (Å²) in [4.78, 5) is 10.1. The Morgan fingerprint density at radius 1 is 1.64 bits per heavy atom. The number of hydrogen-bond acceptors (Lipinski definition) is 1. The second kappa shape index (κ2) is 6.65. The molecule has 0 bridgehead atoms. The first-order chi connectivity index (χ1) is 5.20. The van der Waals surface area contributed by atoms with Crippen molar-refractivity contribution < 1.29 is 9.90 Å². The SMILES string of the molecule is CCC(CBr)CCCC(=O)O. The smallest absolute Gasteiger partial charge is 0.303 e. The minimum absolute atomic E-state index is 0.309. The molecule has 0 aromatic carbocycles. The molecule has 2 nitrogen and oxygen atoms in total. The fourth-order valence-electron chi connectivity index (χ4n) is 0.932. The van der Waals surface area contributed by atoms with Crippen molar-refractivity contribution in [1.29, 1.82) is 0 Å². The number of alkyl halides is 1. The zero-order valence-corrected chi connectivity index (χ0v) is 8.43. The standard InChI is InChI=1S/C8H15BrO2/c1-2-7(6-9)4-3-5-8(10)11/h7H,2-6H2,1H3,(H,10,11). The molecule has 0 spiro atoms. The second-order valence-corrected chi connectivity index (χ2v) is 3.36. The summed E-state index contributed by atoms with van der Waals surface area (Å²) in [7, 11) is 0. The van der Waals surface area contributed by atoms with E-state index in [1.807, 2.05) is 0 Å². The van der Waals surface area contributed by atoms with Crippen molar-refractivity contribution in [3.8, 4) is 0 Å². The summed E-state index contributed by atoms with van der Waals surface area (Å²) in [6.07, 6.45) is 3.27. The molecular weight excluding hydrogens is 208 g/mol. The molecule has 3 heteroatoms. The summed E-state index contributed by atoms with van der Waals surface area (Å²) in [5.74, 6) is -0.0382. The van der Waals surface area contributed by atoms with E-state index in [2.05, 4.69) is 22.9 Å². The van der Waals surface area contributed by atoms with E-state index in [9.17, 15) is 4.79 Å². The van der Waals surface area contributed by atoms with Gasteiger partial charge < -0.3 is 5.11 Å². The van der Waals surface area contributed by atoms with Gasteiger partial charge in [-0.25, -0.2) is 0 Å². The molecule has 1 atom stereocenters. The third kappa shape index (κ3) is 6.35. The first-order valence-electron chi connectivity index (χ1n) is 3.98. The van der Waals surface area contributed by atoms with Crippen LogP contribution in [0.4, 0.5) is 0 Å². The van der Waals surface area contributed by atoms with Crippen LogP contribution in [0.2, 0.25) is 0 Å². The van der Waals surface area contributed by atoms with Crippen molar-refractivity contribution in [2.24, 2.45) is 5.92 Å². The van der Waals surface area contributed by atoms with Gasteiger partial charge >= 0.3 is 5.97 Å². The van der Waals surface area contributed by atoms with Gasteiger partial charge in [0.25, 0.3) is 0 Å². The molecule has 0 aliphatic heterocycles. The molecular formula is C8H15BrO2. The number of halogens is 1. The number of carbonyl (C=O) groups is 1. The second-order valence-electron chi connectivity index (χ2n) is 2.71. The van der Waals surface area contributed by atoms with Crippen LogP contribution < -0.4 is 0 Å². The van der Waals surface area contributed by atoms with Gasteiger partial charge in [0, 0.05) is 11.8 Å². The van der Waals surface area contributed by atoms with Crippen LogP contribution in [0.5, 0.6) is 0 Å². The maximum atomic E-state index is 10.1. The summed E-state index contributed by atoms with van der Waals surface area (Å²) in [6, 6.07) is 0. The van der Waals surface area contributed by atoms with Gasteiger partial charge in [-0.15, -0.1) is 0 Å². The molecule has 1 N–H and O–H groups in total. The molecule has 0 aliphatic carbocycles. The summed E-state index contributed by atoms with van der Waals surface area (Å²) >= 11 is 3.40. The van der Waals surface area contributed by atoms with Crippen LogP contribution in [0.15, 0.2) is 0 Å². The highest BCUT2D eigenvalue weighted by molar-refractivity contribution is 9.09. The average Bonchev–Trinajstić information content (AvgIpc) is 1.98. The third-order valence-corrected chi connectivity index (χ3v) is 2.71. The Kier molecular flexibility index (Phi) is 6.62. The van der Waals surface area contributed by atoms with Gasteiger partial charge in [0.1, 0.15) is 0 Å². The van der Waals surface area contributed by atoms with Crippen LogP contribution in [0.25, 0.3) is 0 Å². The van der Waals surface area contributed by atoms with Crippen LogP contribution in [0.1, 0.15) is 32.6 Å². The lowest BCUT2D eigenvalue weighted by atomic mass is 10.0. The lowest BCUT2D eigenvalue weighted by molar-refractivity contribution is -0.137. The summed E-state index contributed by atoms with van der Waals surface area (Å²) in [5, 5.41) is 9.35. The van der Waals surface area contributed by atoms with Crippen LogP contribution in [-0.4, -0.2) is 16.4 Å².